The van der Waals surface area contributed by atoms with Crippen LogP contribution in [0.3, 0.4) is 0 Å². The van der Waals surface area contributed by atoms with Gasteiger partial charge in [-0.3, -0.25) is 0 Å². The molecule has 3 nitrogen and oxygen atoms in total. The summed E-state index contributed by atoms with van der Waals surface area (Å²) in [6.45, 7) is 7.91. The Labute approximate surface area is 113 Å². The van der Waals surface area contributed by atoms with E-state index in [1.165, 1.54) is 58.0 Å². The summed E-state index contributed by atoms with van der Waals surface area (Å²) in [4.78, 5) is 2.74. The lowest BCUT2D eigenvalue weighted by Crippen LogP contribution is -2.35. The molecule has 0 bridgehead atoms. The summed E-state index contributed by atoms with van der Waals surface area (Å²) in [6, 6.07) is 0.856. The third-order valence-electron chi connectivity index (χ3n) is 4.00. The zero-order valence-corrected chi connectivity index (χ0v) is 12.4. The third kappa shape index (κ3) is 6.72. The van der Waals surface area contributed by atoms with E-state index < -0.39 is 0 Å². The molecule has 1 N–H and O–H groups in total. The minimum atomic E-state index is 0.823. The number of rotatable bonds is 9. The van der Waals surface area contributed by atoms with E-state index in [1.54, 1.807) is 7.11 Å². The summed E-state index contributed by atoms with van der Waals surface area (Å²) in [5, 5.41) is 3.42. The van der Waals surface area contributed by atoms with Gasteiger partial charge in [0.15, 0.2) is 0 Å². The van der Waals surface area contributed by atoms with E-state index in [2.05, 4.69) is 17.1 Å². The van der Waals surface area contributed by atoms with Crippen molar-refractivity contribution in [2.75, 3.05) is 39.9 Å². The van der Waals surface area contributed by atoms with E-state index in [0.29, 0.717) is 0 Å². The standard InChI is InChI=1S/C15H32N2O/c1-3-15-9-5-4-7-12-17(15)13-8-6-10-16-11-14-18-2/h15-16H,3-14H2,1-2H3. The van der Waals surface area contributed by atoms with Crippen molar-refractivity contribution in [1.29, 1.82) is 0 Å². The Balaban J connectivity index is 2.05. The fraction of sp³-hybridized carbons (Fsp3) is 1.00. The monoisotopic (exact) mass is 256 g/mol. The largest absolute Gasteiger partial charge is 0.383 e. The second-order valence-electron chi connectivity index (χ2n) is 5.40. The fourth-order valence-corrected chi connectivity index (χ4v) is 2.86. The van der Waals surface area contributed by atoms with Gasteiger partial charge in [-0.15, -0.1) is 0 Å². The summed E-state index contributed by atoms with van der Waals surface area (Å²) in [5.74, 6) is 0. The van der Waals surface area contributed by atoms with Crippen LogP contribution >= 0.6 is 0 Å². The van der Waals surface area contributed by atoms with E-state index in [1.807, 2.05) is 0 Å². The molecule has 0 aromatic carbocycles. The number of hydrogen-bond acceptors (Lipinski definition) is 3. The highest BCUT2D eigenvalue weighted by atomic mass is 16.5. The summed E-state index contributed by atoms with van der Waals surface area (Å²) >= 11 is 0. The van der Waals surface area contributed by atoms with Crippen molar-refractivity contribution in [2.45, 2.75) is 57.9 Å². The Morgan fingerprint density at radius 3 is 2.83 bits per heavy atom. The van der Waals surface area contributed by atoms with Crippen LogP contribution in [0.4, 0.5) is 0 Å². The molecular formula is C15H32N2O. The Hall–Kier alpha value is -0.120. The van der Waals surface area contributed by atoms with Crippen molar-refractivity contribution in [2.24, 2.45) is 0 Å². The van der Waals surface area contributed by atoms with Gasteiger partial charge in [0, 0.05) is 19.7 Å². The van der Waals surface area contributed by atoms with Gasteiger partial charge in [-0.2, -0.15) is 0 Å². The van der Waals surface area contributed by atoms with Crippen LogP contribution in [0.25, 0.3) is 0 Å². The van der Waals surface area contributed by atoms with Crippen LogP contribution in [0.15, 0.2) is 0 Å². The molecule has 1 rings (SSSR count). The zero-order valence-electron chi connectivity index (χ0n) is 12.4. The Kier molecular flexibility index (Phi) is 9.54. The predicted octanol–water partition coefficient (Wildman–Crippen LogP) is 2.66. The molecule has 0 aromatic heterocycles. The first-order chi connectivity index (χ1) is 8.88. The average molecular weight is 256 g/mol. The molecule has 108 valence electrons. The molecule has 0 amide bonds. The van der Waals surface area contributed by atoms with Crippen molar-refractivity contribution >= 4 is 0 Å². The smallest absolute Gasteiger partial charge is 0.0587 e. The van der Waals surface area contributed by atoms with Crippen LogP contribution in [-0.4, -0.2) is 50.8 Å². The second kappa shape index (κ2) is 10.8. The van der Waals surface area contributed by atoms with Crippen LogP contribution in [0.5, 0.6) is 0 Å². The van der Waals surface area contributed by atoms with E-state index in [9.17, 15) is 0 Å². The number of unbranched alkanes of at least 4 members (excludes halogenated alkanes) is 1. The molecule has 1 fully saturated rings. The Morgan fingerprint density at radius 1 is 1.17 bits per heavy atom. The summed E-state index contributed by atoms with van der Waals surface area (Å²) < 4.78 is 5.02. The lowest BCUT2D eigenvalue weighted by atomic mass is 10.1. The van der Waals surface area contributed by atoms with Crippen LogP contribution in [0, 0.1) is 0 Å². The molecule has 1 heterocycles. The summed E-state index contributed by atoms with van der Waals surface area (Å²) in [5.41, 5.74) is 0. The molecular weight excluding hydrogens is 224 g/mol. The molecule has 3 heteroatoms. The lowest BCUT2D eigenvalue weighted by Gasteiger charge is -2.29. The second-order valence-corrected chi connectivity index (χ2v) is 5.40. The normalized spacial score (nSPS) is 22.0. The van der Waals surface area contributed by atoms with Gasteiger partial charge in [-0.05, 0) is 51.7 Å². The third-order valence-corrected chi connectivity index (χ3v) is 4.00. The summed E-state index contributed by atoms with van der Waals surface area (Å²) in [7, 11) is 1.76. The number of methoxy groups -OCH3 is 1. The average Bonchev–Trinajstić information content (AvgIpc) is 2.62. The van der Waals surface area contributed by atoms with E-state index >= 15 is 0 Å². The van der Waals surface area contributed by atoms with Gasteiger partial charge in [0.2, 0.25) is 0 Å². The first kappa shape index (κ1) is 15.9. The highest BCUT2D eigenvalue weighted by molar-refractivity contribution is 4.74. The number of nitrogens with one attached hydrogen (secondary N) is 1. The number of hydrogen-bond donors (Lipinski definition) is 1. The van der Waals surface area contributed by atoms with Crippen molar-refractivity contribution in [3.05, 3.63) is 0 Å². The quantitative estimate of drug-likeness (QED) is 0.642. The van der Waals surface area contributed by atoms with Gasteiger partial charge in [0.25, 0.3) is 0 Å². The molecule has 0 spiro atoms. The van der Waals surface area contributed by atoms with E-state index in [-0.39, 0.29) is 0 Å². The van der Waals surface area contributed by atoms with E-state index in [0.717, 1.165) is 25.7 Å². The molecule has 1 saturated heterocycles. The number of ether oxygens (including phenoxy) is 1. The maximum Gasteiger partial charge on any atom is 0.0587 e. The highest BCUT2D eigenvalue weighted by Crippen LogP contribution is 2.19. The molecule has 0 saturated carbocycles. The Morgan fingerprint density at radius 2 is 2.06 bits per heavy atom. The maximum absolute atomic E-state index is 5.02. The molecule has 0 aromatic rings. The molecule has 1 aliphatic heterocycles. The van der Waals surface area contributed by atoms with Gasteiger partial charge in [-0.25, -0.2) is 0 Å². The van der Waals surface area contributed by atoms with Crippen LogP contribution in [-0.2, 0) is 4.74 Å². The Bertz CT molecular complexity index is 187. The number of nitrogens with zero attached hydrogens (tertiary/aromatic N) is 1. The summed E-state index contributed by atoms with van der Waals surface area (Å²) in [6.07, 6.45) is 9.64. The van der Waals surface area contributed by atoms with Crippen LogP contribution in [0.2, 0.25) is 0 Å². The SMILES string of the molecule is CCC1CCCCCN1CCCCNCCOC. The predicted molar refractivity (Wildman–Crippen MR) is 78.1 cm³/mol. The minimum Gasteiger partial charge on any atom is -0.383 e. The topological polar surface area (TPSA) is 24.5 Å². The van der Waals surface area contributed by atoms with Crippen molar-refractivity contribution in [1.82, 2.24) is 10.2 Å². The molecule has 1 aliphatic rings. The first-order valence-corrected chi connectivity index (χ1v) is 7.82. The zero-order chi connectivity index (χ0) is 13.1. The van der Waals surface area contributed by atoms with Gasteiger partial charge in [-0.1, -0.05) is 19.8 Å². The fourth-order valence-electron chi connectivity index (χ4n) is 2.86. The van der Waals surface area contributed by atoms with Crippen molar-refractivity contribution in [3.63, 3.8) is 0 Å². The molecule has 18 heavy (non-hydrogen) atoms. The van der Waals surface area contributed by atoms with Crippen molar-refractivity contribution < 1.29 is 4.74 Å². The van der Waals surface area contributed by atoms with Gasteiger partial charge >= 0.3 is 0 Å². The molecule has 0 aliphatic carbocycles. The first-order valence-electron chi connectivity index (χ1n) is 7.82. The van der Waals surface area contributed by atoms with Crippen LogP contribution < -0.4 is 5.32 Å². The van der Waals surface area contributed by atoms with Gasteiger partial charge in [0.1, 0.15) is 0 Å². The molecule has 1 atom stereocenters. The molecule has 0 radical (unpaired) electrons. The van der Waals surface area contributed by atoms with Gasteiger partial charge < -0.3 is 15.0 Å². The molecule has 1 unspecified atom stereocenters. The maximum atomic E-state index is 5.02. The number of likely N-dealkylation sites (tertiary alicyclic amines) is 1. The minimum absolute atomic E-state index is 0.823. The van der Waals surface area contributed by atoms with Crippen LogP contribution in [0.1, 0.15) is 51.9 Å². The van der Waals surface area contributed by atoms with E-state index in [4.69, 9.17) is 4.74 Å². The van der Waals surface area contributed by atoms with Gasteiger partial charge in [0.05, 0.1) is 6.61 Å². The van der Waals surface area contributed by atoms with Crippen molar-refractivity contribution in [3.8, 4) is 0 Å². The lowest BCUT2D eigenvalue weighted by molar-refractivity contribution is 0.188. The highest BCUT2D eigenvalue weighted by Gasteiger charge is 2.18.